The van der Waals surface area contributed by atoms with Crippen LogP contribution >= 0.6 is 0 Å². The number of hydrogen-bond donors (Lipinski definition) is 4. The van der Waals surface area contributed by atoms with Gasteiger partial charge < -0.3 is 22.1 Å². The fraction of sp³-hybridized carbons (Fsp3) is 0.188. The minimum atomic E-state index is 0.00820. The van der Waals surface area contributed by atoms with Gasteiger partial charge in [0, 0.05) is 40.0 Å². The molecule has 0 aliphatic heterocycles. The van der Waals surface area contributed by atoms with Gasteiger partial charge in [0.25, 0.3) is 0 Å². The van der Waals surface area contributed by atoms with Crippen LogP contribution in [-0.2, 0) is 35.8 Å². The number of hydrogen-bond acceptors (Lipinski definition) is 4. The van der Waals surface area contributed by atoms with Crippen molar-refractivity contribution in [1.29, 1.82) is 0 Å². The van der Waals surface area contributed by atoms with Gasteiger partial charge in [-0.1, -0.05) is 121 Å². The van der Waals surface area contributed by atoms with E-state index in [-0.39, 0.29) is 11.8 Å². The third-order valence-corrected chi connectivity index (χ3v) is 4.93. The first kappa shape index (κ1) is 31.8. The van der Waals surface area contributed by atoms with E-state index >= 15 is 0 Å². The zero-order chi connectivity index (χ0) is 27.8. The lowest BCUT2D eigenvalue weighted by Gasteiger charge is -2.00. The van der Waals surface area contributed by atoms with Crippen molar-refractivity contribution in [3.8, 4) is 0 Å². The van der Waals surface area contributed by atoms with Crippen LogP contribution in [-0.4, -0.2) is 11.8 Å². The molecular weight excluding hydrogens is 472 g/mol. The van der Waals surface area contributed by atoms with Crippen molar-refractivity contribution in [3.05, 3.63) is 144 Å². The van der Waals surface area contributed by atoms with Crippen LogP contribution in [0.15, 0.2) is 121 Å². The van der Waals surface area contributed by atoms with E-state index in [9.17, 15) is 9.59 Å². The molecule has 6 nitrogen and oxygen atoms in total. The summed E-state index contributed by atoms with van der Waals surface area (Å²) in [6, 6.07) is 39.6. The summed E-state index contributed by atoms with van der Waals surface area (Å²) in [7, 11) is 0. The Labute approximate surface area is 227 Å². The van der Waals surface area contributed by atoms with E-state index in [0.717, 1.165) is 11.1 Å². The second kappa shape index (κ2) is 20.9. The van der Waals surface area contributed by atoms with E-state index in [1.165, 1.54) is 25.0 Å². The van der Waals surface area contributed by atoms with Crippen molar-refractivity contribution >= 4 is 11.8 Å². The molecule has 0 aliphatic carbocycles. The molecule has 6 N–H and O–H groups in total. The maximum absolute atomic E-state index is 10.5. The van der Waals surface area contributed by atoms with Crippen molar-refractivity contribution in [1.82, 2.24) is 10.6 Å². The standard InChI is InChI=1S/2C9H11NO.2C7H9N/c2*1-8(11)10-7-9-5-3-2-4-6-9;2*8-6-7-4-2-1-3-5-7/h2*2-6H,7H2,1H3,(H,10,11);2*1-5H,6,8H2. The van der Waals surface area contributed by atoms with Crippen molar-refractivity contribution in [2.24, 2.45) is 11.5 Å². The highest BCUT2D eigenvalue weighted by Gasteiger charge is 1.92. The average Bonchev–Trinajstić information content (AvgIpc) is 2.98. The molecule has 4 aromatic carbocycles. The minimum absolute atomic E-state index is 0.00820. The monoisotopic (exact) mass is 512 g/mol. The molecule has 0 aliphatic rings. The topological polar surface area (TPSA) is 110 Å². The number of carbonyl (C=O) groups is 2. The smallest absolute Gasteiger partial charge is 0.217 e. The third-order valence-electron chi connectivity index (χ3n) is 4.93. The predicted molar refractivity (Wildman–Crippen MR) is 157 cm³/mol. The van der Waals surface area contributed by atoms with E-state index in [4.69, 9.17) is 11.5 Å². The van der Waals surface area contributed by atoms with Gasteiger partial charge in [-0.15, -0.1) is 0 Å². The summed E-state index contributed by atoms with van der Waals surface area (Å²) < 4.78 is 0. The molecule has 2 amide bonds. The van der Waals surface area contributed by atoms with Gasteiger partial charge in [0.2, 0.25) is 11.8 Å². The summed E-state index contributed by atoms with van der Waals surface area (Å²) in [6.45, 7) is 5.56. The first-order valence-corrected chi connectivity index (χ1v) is 12.5. The lowest BCUT2D eigenvalue weighted by atomic mass is 10.2. The Bertz CT molecular complexity index is 1030. The molecule has 0 atom stereocenters. The molecule has 0 radical (unpaired) electrons. The van der Waals surface area contributed by atoms with Gasteiger partial charge in [0.1, 0.15) is 0 Å². The number of nitrogens with one attached hydrogen (secondary N) is 2. The number of rotatable bonds is 6. The van der Waals surface area contributed by atoms with Gasteiger partial charge in [0.15, 0.2) is 0 Å². The Kier molecular flexibility index (Phi) is 17.5. The summed E-state index contributed by atoms with van der Waals surface area (Å²) in [5.74, 6) is 0.0164. The number of nitrogens with two attached hydrogens (primary N) is 2. The fourth-order valence-electron chi connectivity index (χ4n) is 2.87. The van der Waals surface area contributed by atoms with Gasteiger partial charge in [-0.3, -0.25) is 9.59 Å². The van der Waals surface area contributed by atoms with Gasteiger partial charge in [-0.25, -0.2) is 0 Å². The van der Waals surface area contributed by atoms with Crippen LogP contribution in [0, 0.1) is 0 Å². The summed E-state index contributed by atoms with van der Waals surface area (Å²) >= 11 is 0. The molecular formula is C32H40N4O2. The number of amides is 2. The Morgan fingerprint density at radius 1 is 0.474 bits per heavy atom. The zero-order valence-corrected chi connectivity index (χ0v) is 22.3. The van der Waals surface area contributed by atoms with E-state index < -0.39 is 0 Å². The Hall–Kier alpha value is -4.26. The molecule has 6 heteroatoms. The molecule has 0 fully saturated rings. The molecule has 0 heterocycles. The van der Waals surface area contributed by atoms with E-state index in [2.05, 4.69) is 10.6 Å². The van der Waals surface area contributed by atoms with Crippen LogP contribution in [0.25, 0.3) is 0 Å². The SMILES string of the molecule is CC(=O)NCc1ccccc1.CC(=O)NCc1ccccc1.NCc1ccccc1.NCc1ccccc1. The third kappa shape index (κ3) is 17.2. The van der Waals surface area contributed by atoms with Crippen LogP contribution in [0.4, 0.5) is 0 Å². The van der Waals surface area contributed by atoms with Crippen molar-refractivity contribution in [3.63, 3.8) is 0 Å². The van der Waals surface area contributed by atoms with Gasteiger partial charge in [-0.2, -0.15) is 0 Å². The number of carbonyl (C=O) groups excluding carboxylic acids is 2. The first-order valence-electron chi connectivity index (χ1n) is 12.5. The Morgan fingerprint density at radius 3 is 0.895 bits per heavy atom. The molecule has 4 rings (SSSR count). The fourth-order valence-corrected chi connectivity index (χ4v) is 2.87. The predicted octanol–water partition coefficient (Wildman–Crippen LogP) is 4.94. The summed E-state index contributed by atoms with van der Waals surface area (Å²) in [6.07, 6.45) is 0. The molecule has 0 aromatic heterocycles. The van der Waals surface area contributed by atoms with Gasteiger partial charge in [0.05, 0.1) is 0 Å². The Morgan fingerprint density at radius 2 is 0.711 bits per heavy atom. The minimum Gasteiger partial charge on any atom is -0.352 e. The molecule has 38 heavy (non-hydrogen) atoms. The van der Waals surface area contributed by atoms with Crippen molar-refractivity contribution < 1.29 is 9.59 Å². The normalized spacial score (nSPS) is 9.16. The van der Waals surface area contributed by atoms with E-state index in [1.54, 1.807) is 0 Å². The average molecular weight is 513 g/mol. The van der Waals surface area contributed by atoms with Crippen LogP contribution in [0.3, 0.4) is 0 Å². The largest absolute Gasteiger partial charge is 0.352 e. The van der Waals surface area contributed by atoms with Gasteiger partial charge in [-0.05, 0) is 22.3 Å². The maximum Gasteiger partial charge on any atom is 0.217 e. The lowest BCUT2D eigenvalue weighted by molar-refractivity contribution is -0.120. The highest BCUT2D eigenvalue weighted by atomic mass is 16.2. The molecule has 0 spiro atoms. The zero-order valence-electron chi connectivity index (χ0n) is 22.3. The number of benzene rings is 4. The quantitative estimate of drug-likeness (QED) is 0.293. The molecule has 0 unspecified atom stereocenters. The summed E-state index contributed by atoms with van der Waals surface area (Å²) in [5.41, 5.74) is 15.3. The van der Waals surface area contributed by atoms with Crippen molar-refractivity contribution in [2.75, 3.05) is 0 Å². The van der Waals surface area contributed by atoms with Crippen LogP contribution in [0.5, 0.6) is 0 Å². The summed E-state index contributed by atoms with van der Waals surface area (Å²) in [4.78, 5) is 21.0. The Balaban J connectivity index is 0.000000256. The lowest BCUT2D eigenvalue weighted by Crippen LogP contribution is -2.18. The van der Waals surface area contributed by atoms with Crippen molar-refractivity contribution in [2.45, 2.75) is 40.0 Å². The maximum atomic E-state index is 10.5. The second-order valence-electron chi connectivity index (χ2n) is 8.17. The molecule has 0 saturated heterocycles. The van der Waals surface area contributed by atoms with Crippen LogP contribution in [0.2, 0.25) is 0 Å². The molecule has 0 bridgehead atoms. The first-order chi connectivity index (χ1) is 18.4. The molecule has 200 valence electrons. The molecule has 0 saturated carbocycles. The van der Waals surface area contributed by atoms with E-state index in [1.807, 2.05) is 121 Å². The highest BCUT2D eigenvalue weighted by molar-refractivity contribution is 5.73. The highest BCUT2D eigenvalue weighted by Crippen LogP contribution is 1.97. The van der Waals surface area contributed by atoms with Crippen LogP contribution < -0.4 is 22.1 Å². The second-order valence-corrected chi connectivity index (χ2v) is 8.17. The molecule has 4 aromatic rings. The van der Waals surface area contributed by atoms with Crippen LogP contribution in [0.1, 0.15) is 36.1 Å². The summed E-state index contributed by atoms with van der Waals surface area (Å²) in [5, 5.41) is 5.45. The van der Waals surface area contributed by atoms with Gasteiger partial charge >= 0.3 is 0 Å². The van der Waals surface area contributed by atoms with E-state index in [0.29, 0.717) is 26.2 Å².